The average Bonchev–Trinajstić information content (AvgIpc) is 3.04. The molecule has 0 spiro atoms. The van der Waals surface area contributed by atoms with Gasteiger partial charge in [-0.05, 0) is 29.5 Å². The maximum atomic E-state index is 13.7. The van der Waals surface area contributed by atoms with Gasteiger partial charge in [0.2, 0.25) is 10.0 Å². The van der Waals surface area contributed by atoms with Crippen molar-refractivity contribution in [1.82, 2.24) is 19.5 Å². The van der Waals surface area contributed by atoms with E-state index in [0.29, 0.717) is 29.7 Å². The van der Waals surface area contributed by atoms with Crippen molar-refractivity contribution in [1.29, 1.82) is 0 Å². The summed E-state index contributed by atoms with van der Waals surface area (Å²) in [7, 11) is -3.61. The molecule has 0 aliphatic heterocycles. The second-order valence-corrected chi connectivity index (χ2v) is 7.51. The van der Waals surface area contributed by atoms with Crippen LogP contribution in [0.25, 0.3) is 11.0 Å². The van der Waals surface area contributed by atoms with Crippen LogP contribution in [-0.4, -0.2) is 41.0 Å². The molecular weight excluding hydrogens is 359 g/mol. The van der Waals surface area contributed by atoms with Crippen molar-refractivity contribution in [2.75, 3.05) is 13.1 Å². The first-order chi connectivity index (χ1) is 12.5. The Hall–Kier alpha value is -2.52. The molecule has 3 rings (SSSR count). The minimum atomic E-state index is -3.61. The molecule has 0 saturated carbocycles. The van der Waals surface area contributed by atoms with Crippen molar-refractivity contribution in [3.63, 3.8) is 0 Å². The maximum absolute atomic E-state index is 13.7. The zero-order chi connectivity index (χ0) is 18.7. The van der Waals surface area contributed by atoms with Gasteiger partial charge < -0.3 is 4.84 Å². The molecule has 0 N–H and O–H groups in total. The standard InChI is InChI=1S/C17H19FN4O3S/c1-3-21(4-2)26(23,24)14-9-10-16-17(11-14)22(20-19-16)25-12-13-7-5-6-8-15(13)18/h5-11H,3-4,12H2,1-2H3. The third-order valence-corrected chi connectivity index (χ3v) is 6.08. The molecular formula is C17H19FN4O3S. The zero-order valence-corrected chi connectivity index (χ0v) is 15.3. The SMILES string of the molecule is CCN(CC)S(=O)(=O)c1ccc2nnn(OCc3ccccc3F)c2c1. The number of fused-ring (bicyclic) bond motifs is 1. The average molecular weight is 378 g/mol. The molecule has 0 radical (unpaired) electrons. The van der Waals surface area contributed by atoms with Gasteiger partial charge in [0.25, 0.3) is 0 Å². The lowest BCUT2D eigenvalue weighted by Crippen LogP contribution is -2.30. The number of benzene rings is 2. The van der Waals surface area contributed by atoms with Gasteiger partial charge in [0.15, 0.2) is 0 Å². The Morgan fingerprint density at radius 2 is 1.88 bits per heavy atom. The second kappa shape index (κ2) is 7.38. The van der Waals surface area contributed by atoms with Gasteiger partial charge >= 0.3 is 0 Å². The summed E-state index contributed by atoms with van der Waals surface area (Å²) in [6.07, 6.45) is 0. The molecule has 0 bridgehead atoms. The van der Waals surface area contributed by atoms with Crippen LogP contribution in [0.3, 0.4) is 0 Å². The highest BCUT2D eigenvalue weighted by Gasteiger charge is 2.23. The first-order valence-corrected chi connectivity index (χ1v) is 9.63. The lowest BCUT2D eigenvalue weighted by Gasteiger charge is -2.18. The molecule has 1 heterocycles. The van der Waals surface area contributed by atoms with E-state index >= 15 is 0 Å². The van der Waals surface area contributed by atoms with E-state index in [1.54, 1.807) is 38.1 Å². The molecule has 26 heavy (non-hydrogen) atoms. The van der Waals surface area contributed by atoms with E-state index in [1.807, 2.05) is 0 Å². The molecule has 0 unspecified atom stereocenters. The van der Waals surface area contributed by atoms with Crippen molar-refractivity contribution in [2.45, 2.75) is 25.3 Å². The van der Waals surface area contributed by atoms with Crippen LogP contribution in [0.1, 0.15) is 19.4 Å². The predicted octanol–water partition coefficient (Wildman–Crippen LogP) is 2.23. The molecule has 0 amide bonds. The molecule has 0 fully saturated rings. The summed E-state index contributed by atoms with van der Waals surface area (Å²) in [6.45, 7) is 4.25. The van der Waals surface area contributed by atoms with Crippen LogP contribution in [0, 0.1) is 5.82 Å². The number of rotatable bonds is 7. The van der Waals surface area contributed by atoms with Crippen molar-refractivity contribution in [3.8, 4) is 0 Å². The summed E-state index contributed by atoms with van der Waals surface area (Å²) in [5.41, 5.74) is 1.25. The largest absolute Gasteiger partial charge is 0.390 e. The molecule has 1 aromatic heterocycles. The lowest BCUT2D eigenvalue weighted by molar-refractivity contribution is 0.0733. The van der Waals surface area contributed by atoms with Gasteiger partial charge in [0.1, 0.15) is 23.5 Å². The molecule has 7 nitrogen and oxygen atoms in total. The summed E-state index contributed by atoms with van der Waals surface area (Å²) >= 11 is 0. The van der Waals surface area contributed by atoms with Crippen LogP contribution in [0.2, 0.25) is 0 Å². The molecule has 3 aromatic rings. The van der Waals surface area contributed by atoms with Crippen LogP contribution >= 0.6 is 0 Å². The van der Waals surface area contributed by atoms with Gasteiger partial charge in [0.05, 0.1) is 4.90 Å². The lowest BCUT2D eigenvalue weighted by atomic mass is 10.2. The van der Waals surface area contributed by atoms with Crippen molar-refractivity contribution < 1.29 is 17.6 Å². The Balaban J connectivity index is 1.92. The fourth-order valence-electron chi connectivity index (χ4n) is 2.59. The molecule has 9 heteroatoms. The van der Waals surface area contributed by atoms with Crippen molar-refractivity contribution >= 4 is 21.1 Å². The highest BCUT2D eigenvalue weighted by atomic mass is 32.2. The maximum Gasteiger partial charge on any atom is 0.243 e. The summed E-state index contributed by atoms with van der Waals surface area (Å²) in [5.74, 6) is -0.387. The van der Waals surface area contributed by atoms with E-state index < -0.39 is 10.0 Å². The smallest absolute Gasteiger partial charge is 0.243 e. The minimum absolute atomic E-state index is 0.0574. The number of hydrogen-bond donors (Lipinski definition) is 0. The number of aromatic nitrogens is 3. The molecule has 0 atom stereocenters. The van der Waals surface area contributed by atoms with E-state index in [0.717, 1.165) is 4.85 Å². The Morgan fingerprint density at radius 1 is 1.15 bits per heavy atom. The van der Waals surface area contributed by atoms with E-state index in [2.05, 4.69) is 10.3 Å². The first kappa shape index (κ1) is 18.3. The highest BCUT2D eigenvalue weighted by molar-refractivity contribution is 7.89. The topological polar surface area (TPSA) is 77.3 Å². The minimum Gasteiger partial charge on any atom is -0.390 e. The summed E-state index contributed by atoms with van der Waals surface area (Å²) in [6, 6.07) is 10.8. The number of halogens is 1. The zero-order valence-electron chi connectivity index (χ0n) is 14.5. The number of hydrogen-bond acceptors (Lipinski definition) is 5. The van der Waals surface area contributed by atoms with Crippen LogP contribution < -0.4 is 4.84 Å². The second-order valence-electron chi connectivity index (χ2n) is 5.57. The summed E-state index contributed by atoms with van der Waals surface area (Å²) in [4.78, 5) is 6.75. The van der Waals surface area contributed by atoms with E-state index in [-0.39, 0.29) is 17.3 Å². The number of sulfonamides is 1. The van der Waals surface area contributed by atoms with E-state index in [9.17, 15) is 12.8 Å². The van der Waals surface area contributed by atoms with Gasteiger partial charge in [-0.1, -0.05) is 36.9 Å². The fraction of sp³-hybridized carbons (Fsp3) is 0.294. The van der Waals surface area contributed by atoms with Gasteiger partial charge in [0, 0.05) is 18.7 Å². The van der Waals surface area contributed by atoms with Gasteiger partial charge in [-0.25, -0.2) is 12.8 Å². The monoisotopic (exact) mass is 378 g/mol. The summed E-state index contributed by atoms with van der Waals surface area (Å²) in [5, 5.41) is 7.81. The van der Waals surface area contributed by atoms with E-state index in [4.69, 9.17) is 4.84 Å². The highest BCUT2D eigenvalue weighted by Crippen LogP contribution is 2.20. The normalized spacial score (nSPS) is 12.0. The van der Waals surface area contributed by atoms with Gasteiger partial charge in [-0.3, -0.25) is 0 Å². The van der Waals surface area contributed by atoms with Gasteiger partial charge in [-0.15, -0.1) is 5.10 Å². The molecule has 0 aliphatic carbocycles. The quantitative estimate of drug-likeness (QED) is 0.630. The number of nitrogens with zero attached hydrogens (tertiary/aromatic N) is 4. The van der Waals surface area contributed by atoms with Crippen LogP contribution in [0.15, 0.2) is 47.4 Å². The Labute approximate surface area is 151 Å². The van der Waals surface area contributed by atoms with Crippen LogP contribution in [-0.2, 0) is 16.6 Å². The molecule has 138 valence electrons. The fourth-order valence-corrected chi connectivity index (χ4v) is 4.07. The van der Waals surface area contributed by atoms with Gasteiger partial charge in [-0.2, -0.15) is 4.31 Å². The predicted molar refractivity (Wildman–Crippen MR) is 94.3 cm³/mol. The van der Waals surface area contributed by atoms with Crippen LogP contribution in [0.5, 0.6) is 0 Å². The third-order valence-electron chi connectivity index (χ3n) is 4.03. The Bertz CT molecular complexity index is 1020. The van der Waals surface area contributed by atoms with Crippen molar-refractivity contribution in [3.05, 3.63) is 53.8 Å². The first-order valence-electron chi connectivity index (χ1n) is 8.19. The third kappa shape index (κ3) is 3.40. The van der Waals surface area contributed by atoms with Crippen molar-refractivity contribution in [2.24, 2.45) is 0 Å². The molecule has 0 aliphatic rings. The van der Waals surface area contributed by atoms with E-state index in [1.165, 1.54) is 22.5 Å². The van der Waals surface area contributed by atoms with Crippen LogP contribution in [0.4, 0.5) is 4.39 Å². The summed E-state index contributed by atoms with van der Waals surface area (Å²) < 4.78 is 40.4. The molecule has 2 aromatic carbocycles. The Morgan fingerprint density at radius 3 is 2.58 bits per heavy atom. The Kier molecular flexibility index (Phi) is 5.19. The molecule has 0 saturated heterocycles.